The van der Waals surface area contributed by atoms with Gasteiger partial charge in [-0.15, -0.1) is 0 Å². The first-order chi connectivity index (χ1) is 8.83. The van der Waals surface area contributed by atoms with E-state index in [-0.39, 0.29) is 18.1 Å². The number of carbonyl (C=O) groups excluding carboxylic acids is 1. The smallest absolute Gasteiger partial charge is 0.410 e. The summed E-state index contributed by atoms with van der Waals surface area (Å²) in [5, 5.41) is 10.1. The Kier molecular flexibility index (Phi) is 5.85. The molecule has 1 heterocycles. The van der Waals surface area contributed by atoms with Gasteiger partial charge in [-0.25, -0.2) is 4.79 Å². The van der Waals surface area contributed by atoms with Crippen molar-refractivity contribution >= 4 is 6.09 Å². The summed E-state index contributed by atoms with van der Waals surface area (Å²) < 4.78 is 5.34. The van der Waals surface area contributed by atoms with E-state index in [9.17, 15) is 9.90 Å². The van der Waals surface area contributed by atoms with Crippen molar-refractivity contribution in [1.82, 2.24) is 4.90 Å². The average Bonchev–Trinajstić information content (AvgIpc) is 2.76. The molecule has 19 heavy (non-hydrogen) atoms. The number of amides is 1. The number of ether oxygens (including phenoxy) is 1. The van der Waals surface area contributed by atoms with Crippen LogP contribution in [0.2, 0.25) is 0 Å². The standard InChI is InChI=1S/C15H27NO3/c1-5-6-7-8-13(17)12-9-10-16(11-12)14(18)19-15(2,3)4/h5-6,12-13,17H,7-11H2,1-4H3/b6-5+. The fourth-order valence-corrected chi connectivity index (χ4v) is 2.26. The van der Waals surface area contributed by atoms with Gasteiger partial charge in [0, 0.05) is 19.0 Å². The predicted octanol–water partition coefficient (Wildman–Crippen LogP) is 2.96. The zero-order chi connectivity index (χ0) is 14.5. The van der Waals surface area contributed by atoms with Crippen LogP contribution in [-0.2, 0) is 4.74 Å². The van der Waals surface area contributed by atoms with Gasteiger partial charge in [-0.2, -0.15) is 0 Å². The van der Waals surface area contributed by atoms with Gasteiger partial charge in [0.15, 0.2) is 0 Å². The summed E-state index contributed by atoms with van der Waals surface area (Å²) in [6, 6.07) is 0. The Bertz CT molecular complexity index is 320. The van der Waals surface area contributed by atoms with E-state index in [0.29, 0.717) is 13.1 Å². The second-order valence-electron chi connectivity index (χ2n) is 6.19. The Morgan fingerprint density at radius 2 is 2.21 bits per heavy atom. The molecule has 1 aliphatic rings. The van der Waals surface area contributed by atoms with E-state index in [0.717, 1.165) is 19.3 Å². The highest BCUT2D eigenvalue weighted by molar-refractivity contribution is 5.68. The lowest BCUT2D eigenvalue weighted by Crippen LogP contribution is -2.36. The van der Waals surface area contributed by atoms with Gasteiger partial charge in [-0.05, 0) is 47.0 Å². The molecule has 1 amide bonds. The lowest BCUT2D eigenvalue weighted by Gasteiger charge is -2.25. The highest BCUT2D eigenvalue weighted by atomic mass is 16.6. The second-order valence-corrected chi connectivity index (χ2v) is 6.19. The molecule has 0 radical (unpaired) electrons. The van der Waals surface area contributed by atoms with Crippen molar-refractivity contribution in [3.05, 3.63) is 12.2 Å². The van der Waals surface area contributed by atoms with Crippen LogP contribution in [0.5, 0.6) is 0 Å². The highest BCUT2D eigenvalue weighted by Gasteiger charge is 2.32. The van der Waals surface area contributed by atoms with E-state index >= 15 is 0 Å². The zero-order valence-electron chi connectivity index (χ0n) is 12.6. The minimum Gasteiger partial charge on any atom is -0.444 e. The van der Waals surface area contributed by atoms with Crippen LogP contribution >= 0.6 is 0 Å². The molecule has 110 valence electrons. The summed E-state index contributed by atoms with van der Waals surface area (Å²) >= 11 is 0. The Balaban J connectivity index is 2.38. The molecule has 2 atom stereocenters. The molecule has 1 fully saturated rings. The molecular weight excluding hydrogens is 242 g/mol. The lowest BCUT2D eigenvalue weighted by molar-refractivity contribution is 0.0266. The molecule has 1 aliphatic heterocycles. The van der Waals surface area contributed by atoms with Gasteiger partial charge in [0.1, 0.15) is 5.60 Å². The quantitative estimate of drug-likeness (QED) is 0.798. The van der Waals surface area contributed by atoms with Crippen LogP contribution in [0.15, 0.2) is 12.2 Å². The van der Waals surface area contributed by atoms with Gasteiger partial charge in [-0.1, -0.05) is 12.2 Å². The highest BCUT2D eigenvalue weighted by Crippen LogP contribution is 2.24. The summed E-state index contributed by atoms with van der Waals surface area (Å²) in [7, 11) is 0. The number of hydrogen-bond donors (Lipinski definition) is 1. The van der Waals surface area contributed by atoms with Crippen LogP contribution in [0.4, 0.5) is 4.79 Å². The van der Waals surface area contributed by atoms with Gasteiger partial charge < -0.3 is 14.7 Å². The van der Waals surface area contributed by atoms with Gasteiger partial charge >= 0.3 is 6.09 Å². The fraction of sp³-hybridized carbons (Fsp3) is 0.800. The van der Waals surface area contributed by atoms with Crippen LogP contribution in [0.1, 0.15) is 47.0 Å². The van der Waals surface area contributed by atoms with Crippen molar-refractivity contribution in [3.8, 4) is 0 Å². The largest absolute Gasteiger partial charge is 0.444 e. The number of carbonyl (C=O) groups is 1. The molecular formula is C15H27NO3. The topological polar surface area (TPSA) is 49.8 Å². The first-order valence-electron chi connectivity index (χ1n) is 7.10. The maximum Gasteiger partial charge on any atom is 0.410 e. The molecule has 0 aromatic heterocycles. The number of aliphatic hydroxyl groups is 1. The Morgan fingerprint density at radius 1 is 1.53 bits per heavy atom. The summed E-state index contributed by atoms with van der Waals surface area (Å²) in [6.07, 6.45) is 5.96. The summed E-state index contributed by atoms with van der Waals surface area (Å²) in [5.74, 6) is 0.178. The van der Waals surface area contributed by atoms with E-state index in [1.54, 1.807) is 4.90 Å². The van der Waals surface area contributed by atoms with Crippen LogP contribution in [0, 0.1) is 5.92 Å². The maximum atomic E-state index is 11.9. The van der Waals surface area contributed by atoms with Crippen LogP contribution in [-0.4, -0.2) is 40.9 Å². The summed E-state index contributed by atoms with van der Waals surface area (Å²) in [6.45, 7) is 8.86. The van der Waals surface area contributed by atoms with Crippen LogP contribution < -0.4 is 0 Å². The normalized spacial score (nSPS) is 21.9. The minimum absolute atomic E-state index is 0.178. The first-order valence-corrected chi connectivity index (χ1v) is 7.10. The van der Waals surface area contributed by atoms with E-state index in [4.69, 9.17) is 4.74 Å². The van der Waals surface area contributed by atoms with Crippen LogP contribution in [0.3, 0.4) is 0 Å². The molecule has 0 bridgehead atoms. The van der Waals surface area contributed by atoms with Crippen LogP contribution in [0.25, 0.3) is 0 Å². The second kappa shape index (κ2) is 6.94. The lowest BCUT2D eigenvalue weighted by atomic mass is 9.98. The minimum atomic E-state index is -0.459. The third kappa shape index (κ3) is 5.64. The molecule has 1 rings (SSSR count). The van der Waals surface area contributed by atoms with Crippen molar-refractivity contribution in [2.24, 2.45) is 5.92 Å². The van der Waals surface area contributed by atoms with E-state index < -0.39 is 5.60 Å². The number of aliphatic hydroxyl groups excluding tert-OH is 1. The molecule has 4 heteroatoms. The predicted molar refractivity (Wildman–Crippen MR) is 76.0 cm³/mol. The van der Waals surface area contributed by atoms with Gasteiger partial charge in [0.2, 0.25) is 0 Å². The molecule has 1 saturated heterocycles. The number of rotatable bonds is 4. The van der Waals surface area contributed by atoms with Gasteiger partial charge in [0.05, 0.1) is 6.10 Å². The van der Waals surface area contributed by atoms with Gasteiger partial charge in [0.25, 0.3) is 0 Å². The molecule has 2 unspecified atom stereocenters. The van der Waals surface area contributed by atoms with E-state index in [1.165, 1.54) is 0 Å². The first kappa shape index (κ1) is 16.0. The van der Waals surface area contributed by atoms with E-state index in [2.05, 4.69) is 6.08 Å². The molecule has 0 saturated carbocycles. The molecule has 0 aromatic carbocycles. The van der Waals surface area contributed by atoms with Crippen molar-refractivity contribution in [2.45, 2.75) is 58.7 Å². The molecule has 0 spiro atoms. The number of allylic oxidation sites excluding steroid dienone is 2. The zero-order valence-corrected chi connectivity index (χ0v) is 12.6. The van der Waals surface area contributed by atoms with Crippen molar-refractivity contribution < 1.29 is 14.6 Å². The summed E-state index contributed by atoms with van der Waals surface area (Å²) in [4.78, 5) is 13.6. The van der Waals surface area contributed by atoms with Crippen molar-refractivity contribution in [1.29, 1.82) is 0 Å². The summed E-state index contributed by atoms with van der Waals surface area (Å²) in [5.41, 5.74) is -0.459. The molecule has 4 nitrogen and oxygen atoms in total. The average molecular weight is 269 g/mol. The Hall–Kier alpha value is -1.03. The Morgan fingerprint density at radius 3 is 2.79 bits per heavy atom. The monoisotopic (exact) mass is 269 g/mol. The third-order valence-electron chi connectivity index (χ3n) is 3.29. The molecule has 0 aliphatic carbocycles. The van der Waals surface area contributed by atoms with Crippen molar-refractivity contribution in [3.63, 3.8) is 0 Å². The van der Waals surface area contributed by atoms with Gasteiger partial charge in [-0.3, -0.25) is 0 Å². The number of hydrogen-bond acceptors (Lipinski definition) is 3. The van der Waals surface area contributed by atoms with E-state index in [1.807, 2.05) is 33.8 Å². The molecule has 0 aromatic rings. The fourth-order valence-electron chi connectivity index (χ4n) is 2.26. The number of nitrogens with zero attached hydrogens (tertiary/aromatic N) is 1. The third-order valence-corrected chi connectivity index (χ3v) is 3.29. The number of likely N-dealkylation sites (tertiary alicyclic amines) is 1. The Labute approximate surface area is 116 Å². The SMILES string of the molecule is C/C=C/CCC(O)C1CCN(C(=O)OC(C)(C)C)C1. The maximum absolute atomic E-state index is 11.9. The molecule has 1 N–H and O–H groups in total. The van der Waals surface area contributed by atoms with Crippen molar-refractivity contribution in [2.75, 3.05) is 13.1 Å².